The minimum atomic E-state index is -0.214. The third kappa shape index (κ3) is 3.88. The summed E-state index contributed by atoms with van der Waals surface area (Å²) in [4.78, 5) is 0. The van der Waals surface area contributed by atoms with Crippen LogP contribution in [-0.2, 0) is 4.74 Å². The fraction of sp³-hybridized carbons (Fsp3) is 0.500. The molecule has 1 N–H and O–H groups in total. The van der Waals surface area contributed by atoms with Crippen molar-refractivity contribution in [2.45, 2.75) is 19.9 Å². The Hall–Kier alpha value is -1.09. The molecule has 0 aliphatic heterocycles. The first-order chi connectivity index (χ1) is 7.13. The van der Waals surface area contributed by atoms with Crippen LogP contribution in [-0.4, -0.2) is 19.8 Å². The van der Waals surface area contributed by atoms with Crippen LogP contribution in [0.4, 0.5) is 10.1 Å². The smallest absolute Gasteiger partial charge is 0.123 e. The van der Waals surface area contributed by atoms with Crippen LogP contribution in [0.15, 0.2) is 24.3 Å². The van der Waals surface area contributed by atoms with E-state index in [1.807, 2.05) is 0 Å². The van der Waals surface area contributed by atoms with Crippen molar-refractivity contribution in [1.82, 2.24) is 0 Å². The van der Waals surface area contributed by atoms with Gasteiger partial charge in [-0.3, -0.25) is 0 Å². The highest BCUT2D eigenvalue weighted by atomic mass is 19.1. The molecule has 0 bridgehead atoms. The Morgan fingerprint density at radius 1 is 1.27 bits per heavy atom. The summed E-state index contributed by atoms with van der Waals surface area (Å²) < 4.78 is 17.8. The van der Waals surface area contributed by atoms with Crippen molar-refractivity contribution in [3.8, 4) is 0 Å². The number of hydrogen-bond donors (Lipinski definition) is 1. The van der Waals surface area contributed by atoms with E-state index < -0.39 is 0 Å². The minimum absolute atomic E-state index is 0.214. The Bertz CT molecular complexity index is 284. The molecule has 0 radical (unpaired) electrons. The summed E-state index contributed by atoms with van der Waals surface area (Å²) >= 11 is 0. The second-order valence-electron chi connectivity index (χ2n) is 3.96. The molecular weight excluding hydrogens is 193 g/mol. The molecule has 1 rings (SSSR count). The average molecular weight is 211 g/mol. The van der Waals surface area contributed by atoms with Gasteiger partial charge in [-0.25, -0.2) is 4.39 Å². The number of benzene rings is 1. The van der Waals surface area contributed by atoms with Crippen LogP contribution in [0.3, 0.4) is 0 Å². The summed E-state index contributed by atoms with van der Waals surface area (Å²) in [5.74, 6) is 0.253. The van der Waals surface area contributed by atoms with Crippen LogP contribution in [0.1, 0.15) is 13.8 Å². The molecule has 0 aromatic heterocycles. The molecule has 0 aliphatic carbocycles. The number of anilines is 1. The van der Waals surface area contributed by atoms with Crippen LogP contribution < -0.4 is 5.32 Å². The van der Waals surface area contributed by atoms with E-state index in [-0.39, 0.29) is 11.9 Å². The van der Waals surface area contributed by atoms with Gasteiger partial charge in [0, 0.05) is 12.8 Å². The Labute approximate surface area is 90.4 Å². The van der Waals surface area contributed by atoms with Crippen LogP contribution >= 0.6 is 0 Å². The summed E-state index contributed by atoms with van der Waals surface area (Å²) in [5, 5.41) is 3.31. The van der Waals surface area contributed by atoms with Crippen molar-refractivity contribution < 1.29 is 9.13 Å². The fourth-order valence-electron chi connectivity index (χ4n) is 1.34. The lowest BCUT2D eigenvalue weighted by Gasteiger charge is -2.22. The molecule has 3 heteroatoms. The fourth-order valence-corrected chi connectivity index (χ4v) is 1.34. The van der Waals surface area contributed by atoms with Crippen molar-refractivity contribution >= 4 is 5.69 Å². The van der Waals surface area contributed by atoms with Gasteiger partial charge in [-0.05, 0) is 30.2 Å². The molecule has 0 aliphatic rings. The molecule has 1 aromatic rings. The molecular formula is C12H18FNO. The number of halogens is 1. The Balaban J connectivity index is 2.61. The lowest BCUT2D eigenvalue weighted by molar-refractivity contribution is 0.171. The monoisotopic (exact) mass is 211 g/mol. The van der Waals surface area contributed by atoms with Gasteiger partial charge >= 0.3 is 0 Å². The SMILES string of the molecule is COCC(Nc1ccc(F)cc1)C(C)C. The number of ether oxygens (including phenoxy) is 1. The molecule has 0 spiro atoms. The third-order valence-corrected chi connectivity index (χ3v) is 2.35. The summed E-state index contributed by atoms with van der Waals surface area (Å²) in [6.45, 7) is 4.90. The third-order valence-electron chi connectivity index (χ3n) is 2.35. The molecule has 0 fully saturated rings. The molecule has 1 atom stereocenters. The predicted molar refractivity (Wildman–Crippen MR) is 60.5 cm³/mol. The molecule has 1 aromatic carbocycles. The normalized spacial score (nSPS) is 12.9. The zero-order valence-electron chi connectivity index (χ0n) is 9.46. The van der Waals surface area contributed by atoms with Crippen molar-refractivity contribution in [2.75, 3.05) is 19.0 Å². The van der Waals surface area contributed by atoms with E-state index in [1.54, 1.807) is 19.2 Å². The summed E-state index contributed by atoms with van der Waals surface area (Å²) in [6, 6.07) is 6.63. The average Bonchev–Trinajstić information content (AvgIpc) is 2.20. The standard InChI is InChI=1S/C12H18FNO/c1-9(2)12(8-15-3)14-11-6-4-10(13)5-7-11/h4-7,9,12,14H,8H2,1-3H3. The minimum Gasteiger partial charge on any atom is -0.383 e. The van der Waals surface area contributed by atoms with Crippen LogP contribution in [0.5, 0.6) is 0 Å². The van der Waals surface area contributed by atoms with E-state index in [2.05, 4.69) is 19.2 Å². The summed E-state index contributed by atoms with van der Waals surface area (Å²) in [7, 11) is 1.68. The van der Waals surface area contributed by atoms with Gasteiger partial charge in [-0.2, -0.15) is 0 Å². The lowest BCUT2D eigenvalue weighted by Crippen LogP contribution is -2.30. The molecule has 15 heavy (non-hydrogen) atoms. The van der Waals surface area contributed by atoms with Crippen molar-refractivity contribution in [3.05, 3.63) is 30.1 Å². The zero-order valence-corrected chi connectivity index (χ0v) is 9.46. The van der Waals surface area contributed by atoms with Crippen LogP contribution in [0.25, 0.3) is 0 Å². The van der Waals surface area contributed by atoms with Gasteiger partial charge < -0.3 is 10.1 Å². The summed E-state index contributed by atoms with van der Waals surface area (Å²) in [6.07, 6.45) is 0. The Morgan fingerprint density at radius 3 is 2.33 bits per heavy atom. The maximum atomic E-state index is 12.7. The van der Waals surface area contributed by atoms with Gasteiger partial charge in [0.1, 0.15) is 5.82 Å². The molecule has 0 saturated heterocycles. The Kier molecular flexibility index (Phi) is 4.56. The highest BCUT2D eigenvalue weighted by Gasteiger charge is 2.12. The molecule has 2 nitrogen and oxygen atoms in total. The van der Waals surface area contributed by atoms with Gasteiger partial charge in [0.05, 0.1) is 12.6 Å². The molecule has 84 valence electrons. The number of nitrogens with one attached hydrogen (secondary N) is 1. The highest BCUT2D eigenvalue weighted by Crippen LogP contribution is 2.13. The lowest BCUT2D eigenvalue weighted by atomic mass is 10.1. The first kappa shape index (κ1) is 12.0. The largest absolute Gasteiger partial charge is 0.383 e. The van der Waals surface area contributed by atoms with E-state index in [9.17, 15) is 4.39 Å². The number of rotatable bonds is 5. The first-order valence-corrected chi connectivity index (χ1v) is 5.14. The van der Waals surface area contributed by atoms with Gasteiger partial charge in [0.15, 0.2) is 0 Å². The first-order valence-electron chi connectivity index (χ1n) is 5.14. The van der Waals surface area contributed by atoms with Crippen molar-refractivity contribution in [1.29, 1.82) is 0 Å². The number of methoxy groups -OCH3 is 1. The second-order valence-corrected chi connectivity index (χ2v) is 3.96. The molecule has 0 amide bonds. The molecule has 0 saturated carbocycles. The zero-order chi connectivity index (χ0) is 11.3. The predicted octanol–water partition coefficient (Wildman–Crippen LogP) is 2.91. The highest BCUT2D eigenvalue weighted by molar-refractivity contribution is 5.43. The maximum Gasteiger partial charge on any atom is 0.123 e. The molecule has 0 heterocycles. The topological polar surface area (TPSA) is 21.3 Å². The van der Waals surface area contributed by atoms with E-state index in [0.29, 0.717) is 12.5 Å². The van der Waals surface area contributed by atoms with Crippen LogP contribution in [0, 0.1) is 11.7 Å². The molecule has 1 unspecified atom stereocenters. The van der Waals surface area contributed by atoms with Gasteiger partial charge in [0.2, 0.25) is 0 Å². The van der Waals surface area contributed by atoms with Crippen molar-refractivity contribution in [2.24, 2.45) is 5.92 Å². The second kappa shape index (κ2) is 5.71. The van der Waals surface area contributed by atoms with E-state index in [4.69, 9.17) is 4.74 Å². The maximum absolute atomic E-state index is 12.7. The number of hydrogen-bond acceptors (Lipinski definition) is 2. The van der Waals surface area contributed by atoms with Gasteiger partial charge in [0.25, 0.3) is 0 Å². The van der Waals surface area contributed by atoms with Gasteiger partial charge in [-0.1, -0.05) is 13.8 Å². The summed E-state index contributed by atoms with van der Waals surface area (Å²) in [5.41, 5.74) is 0.923. The van der Waals surface area contributed by atoms with E-state index in [0.717, 1.165) is 5.69 Å². The van der Waals surface area contributed by atoms with E-state index in [1.165, 1.54) is 12.1 Å². The Morgan fingerprint density at radius 2 is 1.87 bits per heavy atom. The van der Waals surface area contributed by atoms with Crippen molar-refractivity contribution in [3.63, 3.8) is 0 Å². The van der Waals surface area contributed by atoms with Crippen LogP contribution in [0.2, 0.25) is 0 Å². The van der Waals surface area contributed by atoms with E-state index >= 15 is 0 Å². The quantitative estimate of drug-likeness (QED) is 0.808. The van der Waals surface area contributed by atoms with Gasteiger partial charge in [-0.15, -0.1) is 0 Å².